The fourth-order valence-corrected chi connectivity index (χ4v) is 3.36. The molecule has 0 radical (unpaired) electrons. The molecule has 174 valence electrons. The number of para-hydroxylation sites is 1. The first-order valence-corrected chi connectivity index (χ1v) is 11.8. The highest BCUT2D eigenvalue weighted by atomic mass is 79.9. The highest BCUT2D eigenvalue weighted by Gasteiger charge is 2.16. The van der Waals surface area contributed by atoms with Gasteiger partial charge in [-0.25, -0.2) is 9.59 Å². The average Bonchev–Trinajstić information content (AvgIpc) is 2.74. The summed E-state index contributed by atoms with van der Waals surface area (Å²) in [4.78, 5) is 24.5. The number of nitrogens with one attached hydrogen (secondary N) is 2. The number of amides is 2. The first-order valence-electron chi connectivity index (χ1n) is 11.0. The van der Waals surface area contributed by atoms with Crippen molar-refractivity contribution in [3.8, 4) is 5.75 Å². The monoisotopic (exact) mass is 504 g/mol. The standard InChI is InChI=1S/C25H33BrN2O4/c1-5-6-15-32-23(29)19-10-7-8-11-21(19)28-24(30)27-14-9-16-31-22-13-12-18(17-20(22)26)25(2,3)4/h7-8,10-13,17H,5-6,9,14-16H2,1-4H3,(H2,27,28,30). The molecule has 32 heavy (non-hydrogen) atoms. The van der Waals surface area contributed by atoms with E-state index in [2.05, 4.69) is 59.5 Å². The Hall–Kier alpha value is -2.54. The maximum Gasteiger partial charge on any atom is 0.340 e. The minimum Gasteiger partial charge on any atom is -0.492 e. The molecule has 6 nitrogen and oxygen atoms in total. The van der Waals surface area contributed by atoms with Gasteiger partial charge in [-0.05, 0) is 64.0 Å². The second kappa shape index (κ2) is 12.5. The number of hydrogen-bond donors (Lipinski definition) is 2. The van der Waals surface area contributed by atoms with Gasteiger partial charge in [-0.1, -0.05) is 52.3 Å². The molecule has 0 saturated heterocycles. The second-order valence-electron chi connectivity index (χ2n) is 8.51. The van der Waals surface area contributed by atoms with E-state index in [-0.39, 0.29) is 11.4 Å². The first-order chi connectivity index (χ1) is 15.2. The van der Waals surface area contributed by atoms with Crippen LogP contribution in [0.5, 0.6) is 5.75 Å². The smallest absolute Gasteiger partial charge is 0.340 e. The van der Waals surface area contributed by atoms with E-state index in [1.165, 1.54) is 5.56 Å². The molecule has 0 aliphatic rings. The van der Waals surface area contributed by atoms with Crippen LogP contribution < -0.4 is 15.4 Å². The number of hydrogen-bond acceptors (Lipinski definition) is 4. The van der Waals surface area contributed by atoms with Gasteiger partial charge in [0.2, 0.25) is 0 Å². The molecule has 2 amide bonds. The molecule has 7 heteroatoms. The van der Waals surface area contributed by atoms with Crippen LogP contribution in [0.2, 0.25) is 0 Å². The van der Waals surface area contributed by atoms with Gasteiger partial charge in [-0.15, -0.1) is 0 Å². The quantitative estimate of drug-likeness (QED) is 0.294. The van der Waals surface area contributed by atoms with Crippen LogP contribution in [0.25, 0.3) is 0 Å². The number of urea groups is 1. The molecule has 0 bridgehead atoms. The number of rotatable bonds is 10. The first kappa shape index (κ1) is 25.7. The van der Waals surface area contributed by atoms with E-state index < -0.39 is 5.97 Å². The van der Waals surface area contributed by atoms with E-state index >= 15 is 0 Å². The highest BCUT2D eigenvalue weighted by Crippen LogP contribution is 2.31. The minimum atomic E-state index is -0.439. The van der Waals surface area contributed by atoms with Crippen molar-refractivity contribution in [2.24, 2.45) is 0 Å². The Bertz CT molecular complexity index is 909. The number of unbranched alkanes of at least 4 members (excludes halogenated alkanes) is 1. The molecule has 0 aliphatic carbocycles. The molecule has 0 aromatic heterocycles. The van der Waals surface area contributed by atoms with Crippen LogP contribution in [0, 0.1) is 0 Å². The molecule has 2 N–H and O–H groups in total. The van der Waals surface area contributed by atoms with Crippen molar-refractivity contribution in [2.45, 2.75) is 52.4 Å². The van der Waals surface area contributed by atoms with E-state index in [9.17, 15) is 9.59 Å². The Morgan fingerprint density at radius 2 is 1.78 bits per heavy atom. The summed E-state index contributed by atoms with van der Waals surface area (Å²) in [6, 6.07) is 12.5. The van der Waals surface area contributed by atoms with Crippen molar-refractivity contribution in [1.82, 2.24) is 5.32 Å². The molecular weight excluding hydrogens is 472 g/mol. The summed E-state index contributed by atoms with van der Waals surface area (Å²) in [5.74, 6) is 0.337. The summed E-state index contributed by atoms with van der Waals surface area (Å²) in [5, 5.41) is 5.51. The zero-order valence-electron chi connectivity index (χ0n) is 19.3. The van der Waals surface area contributed by atoms with Gasteiger partial charge in [0.05, 0.1) is 28.9 Å². The fourth-order valence-electron chi connectivity index (χ4n) is 2.86. The van der Waals surface area contributed by atoms with Gasteiger partial charge < -0.3 is 20.1 Å². The lowest BCUT2D eigenvalue weighted by Crippen LogP contribution is -2.31. The third-order valence-corrected chi connectivity index (χ3v) is 5.41. The molecule has 0 unspecified atom stereocenters. The summed E-state index contributed by atoms with van der Waals surface area (Å²) in [7, 11) is 0. The average molecular weight is 505 g/mol. The van der Waals surface area contributed by atoms with Crippen molar-refractivity contribution < 1.29 is 19.1 Å². The molecule has 0 aliphatic heterocycles. The van der Waals surface area contributed by atoms with E-state index in [0.29, 0.717) is 37.4 Å². The third-order valence-electron chi connectivity index (χ3n) is 4.79. The van der Waals surface area contributed by atoms with Gasteiger partial charge >= 0.3 is 12.0 Å². The maximum absolute atomic E-state index is 12.2. The number of ether oxygens (including phenoxy) is 2. The molecule has 0 fully saturated rings. The Balaban J connectivity index is 1.77. The molecule has 0 saturated carbocycles. The molecule has 0 spiro atoms. The van der Waals surface area contributed by atoms with Crippen LogP contribution in [-0.4, -0.2) is 31.8 Å². The Kier molecular flexibility index (Phi) is 10.0. The van der Waals surface area contributed by atoms with Gasteiger partial charge in [0, 0.05) is 6.54 Å². The summed E-state index contributed by atoms with van der Waals surface area (Å²) >= 11 is 3.56. The Labute approximate surface area is 199 Å². The number of benzene rings is 2. The van der Waals surface area contributed by atoms with Crippen LogP contribution in [0.1, 0.15) is 62.9 Å². The van der Waals surface area contributed by atoms with Crippen LogP contribution in [0.4, 0.5) is 10.5 Å². The van der Waals surface area contributed by atoms with Gasteiger partial charge in [0.1, 0.15) is 5.75 Å². The molecule has 0 atom stereocenters. The zero-order valence-corrected chi connectivity index (χ0v) is 20.9. The maximum atomic E-state index is 12.2. The topological polar surface area (TPSA) is 76.7 Å². The molecular formula is C25H33BrN2O4. The van der Waals surface area contributed by atoms with Crippen molar-refractivity contribution in [3.05, 3.63) is 58.1 Å². The van der Waals surface area contributed by atoms with Crippen LogP contribution in [-0.2, 0) is 10.2 Å². The van der Waals surface area contributed by atoms with E-state index in [1.54, 1.807) is 24.3 Å². The summed E-state index contributed by atoms with van der Waals surface area (Å²) in [5.41, 5.74) is 2.06. The van der Waals surface area contributed by atoms with E-state index in [0.717, 1.165) is 23.1 Å². The molecule has 2 aromatic rings. The van der Waals surface area contributed by atoms with Crippen molar-refractivity contribution in [1.29, 1.82) is 0 Å². The van der Waals surface area contributed by atoms with Gasteiger partial charge in [0.15, 0.2) is 0 Å². The van der Waals surface area contributed by atoms with Gasteiger partial charge in [-0.3, -0.25) is 0 Å². The van der Waals surface area contributed by atoms with Crippen molar-refractivity contribution in [3.63, 3.8) is 0 Å². The Morgan fingerprint density at radius 1 is 1.03 bits per heavy atom. The van der Waals surface area contributed by atoms with Crippen LogP contribution in [0.15, 0.2) is 46.9 Å². The summed E-state index contributed by atoms with van der Waals surface area (Å²) in [6.45, 7) is 9.80. The van der Waals surface area contributed by atoms with Crippen molar-refractivity contribution >= 4 is 33.6 Å². The third kappa shape index (κ3) is 8.19. The molecule has 0 heterocycles. The zero-order chi connectivity index (χ0) is 23.6. The summed E-state index contributed by atoms with van der Waals surface area (Å²) < 4.78 is 12.0. The lowest BCUT2D eigenvalue weighted by Gasteiger charge is -2.20. The van der Waals surface area contributed by atoms with Crippen molar-refractivity contribution in [2.75, 3.05) is 25.1 Å². The van der Waals surface area contributed by atoms with E-state index in [1.807, 2.05) is 13.0 Å². The largest absolute Gasteiger partial charge is 0.492 e. The Morgan fingerprint density at radius 3 is 2.47 bits per heavy atom. The fraction of sp³-hybridized carbons (Fsp3) is 0.440. The molecule has 2 aromatic carbocycles. The van der Waals surface area contributed by atoms with Crippen LogP contribution in [0.3, 0.4) is 0 Å². The van der Waals surface area contributed by atoms with Gasteiger partial charge in [0.25, 0.3) is 0 Å². The van der Waals surface area contributed by atoms with Crippen LogP contribution >= 0.6 is 15.9 Å². The number of esters is 1. The molecule has 2 rings (SSSR count). The number of halogens is 1. The predicted octanol–water partition coefficient (Wildman–Crippen LogP) is 6.29. The lowest BCUT2D eigenvalue weighted by molar-refractivity contribution is 0.0501. The number of carbonyl (C=O) groups is 2. The van der Waals surface area contributed by atoms with E-state index in [4.69, 9.17) is 9.47 Å². The second-order valence-corrected chi connectivity index (χ2v) is 9.37. The number of anilines is 1. The minimum absolute atomic E-state index is 0.0726. The predicted molar refractivity (Wildman–Crippen MR) is 132 cm³/mol. The number of carbonyl (C=O) groups excluding carboxylic acids is 2. The normalized spacial score (nSPS) is 11.0. The SMILES string of the molecule is CCCCOC(=O)c1ccccc1NC(=O)NCCCOc1ccc(C(C)(C)C)cc1Br. The van der Waals surface area contributed by atoms with Gasteiger partial charge in [-0.2, -0.15) is 0 Å². The highest BCUT2D eigenvalue weighted by molar-refractivity contribution is 9.10. The summed E-state index contributed by atoms with van der Waals surface area (Å²) in [6.07, 6.45) is 2.39. The lowest BCUT2D eigenvalue weighted by atomic mass is 9.87.